The molecule has 2 aliphatic rings. The Balaban J connectivity index is 1.82. The van der Waals surface area contributed by atoms with Crippen molar-refractivity contribution in [3.05, 3.63) is 5.82 Å². The predicted molar refractivity (Wildman–Crippen MR) is 67.6 cm³/mol. The van der Waals surface area contributed by atoms with Crippen molar-refractivity contribution in [1.82, 2.24) is 19.7 Å². The lowest BCUT2D eigenvalue weighted by molar-refractivity contribution is 0.0777. The van der Waals surface area contributed by atoms with Gasteiger partial charge in [0.1, 0.15) is 0 Å². The Kier molecular flexibility index (Phi) is 2.72. The van der Waals surface area contributed by atoms with Crippen molar-refractivity contribution < 1.29 is 4.79 Å². The van der Waals surface area contributed by atoms with E-state index in [0.717, 1.165) is 31.9 Å². The zero-order valence-electron chi connectivity index (χ0n) is 11.0. The quantitative estimate of drug-likeness (QED) is 0.789. The fourth-order valence-corrected chi connectivity index (χ4v) is 2.50. The van der Waals surface area contributed by atoms with Gasteiger partial charge in [0.25, 0.3) is 5.91 Å². The topological polar surface area (TPSA) is 54.3 Å². The van der Waals surface area contributed by atoms with E-state index < -0.39 is 0 Å². The lowest BCUT2D eigenvalue weighted by Crippen LogP contribution is -2.30. The van der Waals surface area contributed by atoms with Crippen LogP contribution < -0.4 is 4.90 Å². The van der Waals surface area contributed by atoms with Gasteiger partial charge in [0.05, 0.1) is 0 Å². The minimum Gasteiger partial charge on any atom is -0.341 e. The van der Waals surface area contributed by atoms with Crippen molar-refractivity contribution in [3.8, 4) is 0 Å². The van der Waals surface area contributed by atoms with E-state index in [9.17, 15) is 4.79 Å². The van der Waals surface area contributed by atoms with Crippen molar-refractivity contribution in [3.63, 3.8) is 0 Å². The van der Waals surface area contributed by atoms with Gasteiger partial charge in [-0.25, -0.2) is 0 Å². The maximum atomic E-state index is 12.3. The van der Waals surface area contributed by atoms with Crippen molar-refractivity contribution in [1.29, 1.82) is 0 Å². The maximum absolute atomic E-state index is 12.3. The third kappa shape index (κ3) is 1.85. The van der Waals surface area contributed by atoms with E-state index in [4.69, 9.17) is 0 Å². The van der Waals surface area contributed by atoms with E-state index in [1.54, 1.807) is 0 Å². The molecule has 1 aliphatic heterocycles. The Labute approximate surface area is 107 Å². The molecule has 2 heterocycles. The number of likely N-dealkylation sites (tertiary alicyclic amines) is 1. The number of amides is 1. The van der Waals surface area contributed by atoms with Crippen LogP contribution in [0.3, 0.4) is 0 Å². The van der Waals surface area contributed by atoms with Crippen LogP contribution >= 0.6 is 0 Å². The van der Waals surface area contributed by atoms with E-state index in [-0.39, 0.29) is 5.91 Å². The normalized spacial score (nSPS) is 19.3. The summed E-state index contributed by atoms with van der Waals surface area (Å²) in [6.07, 6.45) is 4.61. The molecule has 2 fully saturated rings. The molecule has 0 aromatic carbocycles. The zero-order valence-corrected chi connectivity index (χ0v) is 11.0. The second-order valence-corrected chi connectivity index (χ2v) is 5.22. The van der Waals surface area contributed by atoms with E-state index in [1.807, 2.05) is 23.6 Å². The van der Waals surface area contributed by atoms with Crippen molar-refractivity contribution >= 4 is 11.9 Å². The van der Waals surface area contributed by atoms with Crippen LogP contribution in [-0.4, -0.2) is 51.8 Å². The maximum Gasteiger partial charge on any atom is 0.291 e. The fourth-order valence-electron chi connectivity index (χ4n) is 2.50. The van der Waals surface area contributed by atoms with Crippen LogP contribution in [0.4, 0.5) is 5.95 Å². The molecular weight excluding hydrogens is 230 g/mol. The molecule has 0 atom stereocenters. The Morgan fingerprint density at radius 1 is 1.28 bits per heavy atom. The molecule has 0 radical (unpaired) electrons. The minimum absolute atomic E-state index is 0.0120. The number of rotatable bonds is 3. The summed E-state index contributed by atoms with van der Waals surface area (Å²) < 4.78 is 1.82. The fraction of sp³-hybridized carbons (Fsp3) is 0.750. The van der Waals surface area contributed by atoms with Crippen LogP contribution in [0.25, 0.3) is 0 Å². The van der Waals surface area contributed by atoms with Gasteiger partial charge in [-0.15, -0.1) is 10.2 Å². The standard InChI is InChI=1S/C12H19N5O/c1-15(9-5-6-9)12-14-13-10(16(12)2)11(18)17-7-3-4-8-17/h9H,3-8H2,1-2H3. The molecule has 0 unspecified atom stereocenters. The number of hydrogen-bond acceptors (Lipinski definition) is 4. The molecule has 0 bridgehead atoms. The molecule has 1 aliphatic carbocycles. The van der Waals surface area contributed by atoms with E-state index in [1.165, 1.54) is 12.8 Å². The molecule has 1 saturated heterocycles. The summed E-state index contributed by atoms with van der Waals surface area (Å²) in [5.74, 6) is 1.26. The van der Waals surface area contributed by atoms with E-state index in [2.05, 4.69) is 15.1 Å². The highest BCUT2D eigenvalue weighted by atomic mass is 16.2. The summed E-state index contributed by atoms with van der Waals surface area (Å²) in [6, 6.07) is 0.572. The summed E-state index contributed by atoms with van der Waals surface area (Å²) in [7, 11) is 3.89. The molecule has 3 rings (SSSR count). The van der Waals surface area contributed by atoms with Gasteiger partial charge in [-0.2, -0.15) is 0 Å². The second-order valence-electron chi connectivity index (χ2n) is 5.22. The molecule has 1 aromatic heterocycles. The highest BCUT2D eigenvalue weighted by Gasteiger charge is 2.31. The number of nitrogens with zero attached hydrogens (tertiary/aromatic N) is 5. The van der Waals surface area contributed by atoms with Gasteiger partial charge in [0.2, 0.25) is 11.8 Å². The smallest absolute Gasteiger partial charge is 0.291 e. The largest absolute Gasteiger partial charge is 0.341 e. The van der Waals surface area contributed by atoms with E-state index in [0.29, 0.717) is 11.9 Å². The molecule has 0 N–H and O–H groups in total. The minimum atomic E-state index is 0.0120. The van der Waals surface area contributed by atoms with Crippen LogP contribution in [0.1, 0.15) is 36.3 Å². The number of hydrogen-bond donors (Lipinski definition) is 0. The second kappa shape index (κ2) is 4.26. The first-order valence-corrected chi connectivity index (χ1v) is 6.60. The summed E-state index contributed by atoms with van der Waals surface area (Å²) in [4.78, 5) is 16.3. The first-order chi connectivity index (χ1) is 8.68. The van der Waals surface area contributed by atoms with Crippen LogP contribution in [0.2, 0.25) is 0 Å². The molecule has 1 aromatic rings. The first kappa shape index (κ1) is 11.5. The molecule has 18 heavy (non-hydrogen) atoms. The van der Waals surface area contributed by atoms with Gasteiger partial charge in [0.15, 0.2) is 0 Å². The third-order valence-electron chi connectivity index (χ3n) is 3.85. The summed E-state index contributed by atoms with van der Waals surface area (Å²) in [5.41, 5.74) is 0. The summed E-state index contributed by atoms with van der Waals surface area (Å²) >= 11 is 0. The van der Waals surface area contributed by atoms with Crippen molar-refractivity contribution in [2.75, 3.05) is 25.0 Å². The Morgan fingerprint density at radius 2 is 1.94 bits per heavy atom. The average Bonchev–Trinajstić information content (AvgIpc) is 2.93. The number of aromatic nitrogens is 3. The summed E-state index contributed by atoms with van der Waals surface area (Å²) in [5, 5.41) is 8.23. The lowest BCUT2D eigenvalue weighted by atomic mass is 10.4. The Hall–Kier alpha value is -1.59. The average molecular weight is 249 g/mol. The van der Waals surface area contributed by atoms with E-state index >= 15 is 0 Å². The summed E-state index contributed by atoms with van der Waals surface area (Å²) in [6.45, 7) is 1.69. The number of carbonyl (C=O) groups is 1. The highest BCUT2D eigenvalue weighted by Crippen LogP contribution is 2.29. The Morgan fingerprint density at radius 3 is 2.56 bits per heavy atom. The third-order valence-corrected chi connectivity index (χ3v) is 3.85. The van der Waals surface area contributed by atoms with Gasteiger partial charge in [-0.05, 0) is 25.7 Å². The van der Waals surface area contributed by atoms with Crippen molar-refractivity contribution in [2.45, 2.75) is 31.7 Å². The molecule has 1 amide bonds. The highest BCUT2D eigenvalue weighted by molar-refractivity contribution is 5.91. The number of anilines is 1. The van der Waals surface area contributed by atoms with Gasteiger partial charge in [-0.1, -0.05) is 0 Å². The molecule has 98 valence electrons. The van der Waals surface area contributed by atoms with Crippen LogP contribution in [0, 0.1) is 0 Å². The van der Waals surface area contributed by atoms with Crippen molar-refractivity contribution in [2.24, 2.45) is 7.05 Å². The predicted octanol–water partition coefficient (Wildman–Crippen LogP) is 0.650. The molecular formula is C12H19N5O. The molecule has 6 nitrogen and oxygen atoms in total. The van der Waals surface area contributed by atoms with Crippen LogP contribution in [0.15, 0.2) is 0 Å². The van der Waals surface area contributed by atoms with Gasteiger partial charge in [-0.3, -0.25) is 9.36 Å². The molecule has 1 saturated carbocycles. The molecule has 6 heteroatoms. The van der Waals surface area contributed by atoms with Gasteiger partial charge < -0.3 is 9.80 Å². The SMILES string of the molecule is CN(c1nnc(C(=O)N2CCCC2)n1C)C1CC1. The van der Waals surface area contributed by atoms with Crippen LogP contribution in [0.5, 0.6) is 0 Å². The lowest BCUT2D eigenvalue weighted by Gasteiger charge is -2.18. The first-order valence-electron chi connectivity index (χ1n) is 6.60. The monoisotopic (exact) mass is 249 g/mol. The zero-order chi connectivity index (χ0) is 12.7. The van der Waals surface area contributed by atoms with Crippen LogP contribution in [-0.2, 0) is 7.05 Å². The Bertz CT molecular complexity index is 459. The van der Waals surface area contributed by atoms with Gasteiger partial charge in [0, 0.05) is 33.2 Å². The number of carbonyl (C=O) groups excluding carboxylic acids is 1. The molecule has 0 spiro atoms. The van der Waals surface area contributed by atoms with Gasteiger partial charge >= 0.3 is 0 Å².